The molecule has 0 aliphatic rings. The Balaban J connectivity index is 1.64. The first kappa shape index (κ1) is 19.0. The van der Waals surface area contributed by atoms with Crippen LogP contribution in [0, 0.1) is 25.2 Å². The van der Waals surface area contributed by atoms with Crippen LogP contribution in [0.1, 0.15) is 16.7 Å². The van der Waals surface area contributed by atoms with Crippen LogP contribution >= 0.6 is 23.4 Å². The van der Waals surface area contributed by atoms with E-state index < -0.39 is 0 Å². The van der Waals surface area contributed by atoms with Crippen LogP contribution in [0.2, 0.25) is 5.02 Å². The zero-order valence-electron chi connectivity index (χ0n) is 14.6. The third-order valence-electron chi connectivity index (χ3n) is 3.58. The van der Waals surface area contributed by atoms with Crippen molar-refractivity contribution in [2.24, 2.45) is 0 Å². The van der Waals surface area contributed by atoms with E-state index in [2.05, 4.69) is 21.6 Å². The van der Waals surface area contributed by atoms with E-state index in [0.717, 1.165) is 28.5 Å². The molecule has 0 aliphatic heterocycles. The largest absolute Gasteiger partial charge is 0.411 e. The van der Waals surface area contributed by atoms with E-state index in [-0.39, 0.29) is 11.7 Å². The quantitative estimate of drug-likeness (QED) is 0.631. The van der Waals surface area contributed by atoms with Crippen LogP contribution in [0.25, 0.3) is 11.5 Å². The summed E-state index contributed by atoms with van der Waals surface area (Å²) in [4.78, 5) is 12.2. The van der Waals surface area contributed by atoms with Gasteiger partial charge < -0.3 is 9.73 Å². The summed E-state index contributed by atoms with van der Waals surface area (Å²) in [5.74, 6) is 0.169. The molecule has 0 fully saturated rings. The van der Waals surface area contributed by atoms with Crippen molar-refractivity contribution in [1.82, 2.24) is 10.2 Å². The molecule has 1 heterocycles. The average Bonchev–Trinajstić information content (AvgIpc) is 3.08. The van der Waals surface area contributed by atoms with E-state index >= 15 is 0 Å². The van der Waals surface area contributed by atoms with E-state index in [1.54, 1.807) is 12.1 Å². The van der Waals surface area contributed by atoms with Gasteiger partial charge in [0.15, 0.2) is 0 Å². The second-order valence-electron chi connectivity index (χ2n) is 5.89. The maximum atomic E-state index is 12.2. The van der Waals surface area contributed by atoms with Crippen molar-refractivity contribution in [1.29, 1.82) is 5.26 Å². The minimum absolute atomic E-state index is 0.0614. The van der Waals surface area contributed by atoms with Gasteiger partial charge in [0.25, 0.3) is 5.22 Å². The molecule has 27 heavy (non-hydrogen) atoms. The molecule has 0 spiro atoms. The van der Waals surface area contributed by atoms with Gasteiger partial charge in [0, 0.05) is 10.6 Å². The topological polar surface area (TPSA) is 91.8 Å². The fraction of sp³-hybridized carbons (Fsp3) is 0.158. The molecule has 8 heteroatoms. The van der Waals surface area contributed by atoms with E-state index in [1.807, 2.05) is 32.0 Å². The molecule has 2 aromatic carbocycles. The number of aromatic nitrogens is 2. The number of halogens is 1. The molecule has 0 atom stereocenters. The first-order valence-electron chi connectivity index (χ1n) is 7.99. The summed E-state index contributed by atoms with van der Waals surface area (Å²) in [7, 11) is 0. The maximum absolute atomic E-state index is 12.2. The normalized spacial score (nSPS) is 10.4. The Labute approximate surface area is 165 Å². The lowest BCUT2D eigenvalue weighted by atomic mass is 10.1. The van der Waals surface area contributed by atoms with Gasteiger partial charge in [-0.2, -0.15) is 5.26 Å². The highest BCUT2D eigenvalue weighted by Crippen LogP contribution is 2.25. The zero-order valence-corrected chi connectivity index (χ0v) is 16.2. The van der Waals surface area contributed by atoms with Gasteiger partial charge in [-0.1, -0.05) is 40.6 Å². The van der Waals surface area contributed by atoms with Crippen LogP contribution in [-0.2, 0) is 4.79 Å². The number of hydrogen-bond donors (Lipinski definition) is 1. The minimum atomic E-state index is -0.301. The van der Waals surface area contributed by atoms with Crippen LogP contribution in [-0.4, -0.2) is 21.9 Å². The molecule has 0 bridgehead atoms. The number of nitrogens with zero attached hydrogens (tertiary/aromatic N) is 3. The van der Waals surface area contributed by atoms with Gasteiger partial charge in [0.05, 0.1) is 17.0 Å². The third-order valence-corrected chi connectivity index (χ3v) is 4.63. The molecule has 6 nitrogen and oxygen atoms in total. The molecular weight excluding hydrogens is 384 g/mol. The summed E-state index contributed by atoms with van der Waals surface area (Å²) in [6.45, 7) is 4.00. The Bertz CT molecular complexity index is 1020. The Morgan fingerprint density at radius 3 is 2.67 bits per heavy atom. The number of carbonyl (C=O) groups is 1. The van der Waals surface area contributed by atoms with E-state index in [9.17, 15) is 4.79 Å². The fourth-order valence-corrected chi connectivity index (χ4v) is 3.25. The van der Waals surface area contributed by atoms with Crippen LogP contribution in [0.3, 0.4) is 0 Å². The van der Waals surface area contributed by atoms with Crippen LogP contribution in [0.5, 0.6) is 0 Å². The molecule has 0 saturated heterocycles. The highest BCUT2D eigenvalue weighted by molar-refractivity contribution is 7.99. The summed E-state index contributed by atoms with van der Waals surface area (Å²) in [6, 6.07) is 12.7. The van der Waals surface area contributed by atoms with Crippen molar-refractivity contribution < 1.29 is 9.21 Å². The molecule has 1 N–H and O–H groups in total. The number of amides is 1. The first-order valence-corrected chi connectivity index (χ1v) is 9.35. The van der Waals surface area contributed by atoms with Crippen molar-refractivity contribution in [3.05, 3.63) is 58.1 Å². The summed E-state index contributed by atoms with van der Waals surface area (Å²) in [5, 5.41) is 20.5. The number of carbonyl (C=O) groups excluding carboxylic acids is 1. The highest BCUT2D eigenvalue weighted by atomic mass is 35.5. The number of benzene rings is 2. The second kappa shape index (κ2) is 8.25. The summed E-state index contributed by atoms with van der Waals surface area (Å²) in [5.41, 5.74) is 3.76. The van der Waals surface area contributed by atoms with Crippen molar-refractivity contribution in [3.63, 3.8) is 0 Å². The van der Waals surface area contributed by atoms with Gasteiger partial charge in [0.2, 0.25) is 11.8 Å². The van der Waals surface area contributed by atoms with Crippen LogP contribution < -0.4 is 5.32 Å². The standard InChI is InChI=1S/C19H15ClN4O2S/c1-11-5-12(2)7-14(6-11)18-23-24-19(26-18)27-10-17(25)22-16-8-15(20)4-3-13(16)9-21/h3-8H,10H2,1-2H3,(H,22,25). The number of nitriles is 1. The number of anilines is 1. The Morgan fingerprint density at radius 2 is 1.96 bits per heavy atom. The third kappa shape index (κ3) is 4.88. The maximum Gasteiger partial charge on any atom is 0.277 e. The predicted octanol–water partition coefficient (Wildman–Crippen LogP) is 4.61. The summed E-state index contributed by atoms with van der Waals surface area (Å²) >= 11 is 7.04. The zero-order chi connectivity index (χ0) is 19.4. The second-order valence-corrected chi connectivity index (χ2v) is 7.25. The average molecular weight is 399 g/mol. The molecule has 0 saturated carbocycles. The van der Waals surface area contributed by atoms with E-state index in [0.29, 0.717) is 27.4 Å². The van der Waals surface area contributed by atoms with Gasteiger partial charge in [-0.05, 0) is 44.2 Å². The van der Waals surface area contributed by atoms with Crippen molar-refractivity contribution in [2.75, 3.05) is 11.1 Å². The van der Waals surface area contributed by atoms with Gasteiger partial charge in [-0.25, -0.2) is 0 Å². The molecule has 136 valence electrons. The molecule has 3 rings (SSSR count). The predicted molar refractivity (Wildman–Crippen MR) is 105 cm³/mol. The monoisotopic (exact) mass is 398 g/mol. The molecule has 0 radical (unpaired) electrons. The van der Waals surface area contributed by atoms with Crippen LogP contribution in [0.15, 0.2) is 46.0 Å². The number of hydrogen-bond acceptors (Lipinski definition) is 6. The highest BCUT2D eigenvalue weighted by Gasteiger charge is 2.13. The minimum Gasteiger partial charge on any atom is -0.411 e. The van der Waals surface area contributed by atoms with Gasteiger partial charge >= 0.3 is 0 Å². The molecule has 1 amide bonds. The van der Waals surface area contributed by atoms with E-state index in [1.165, 1.54) is 6.07 Å². The number of thioether (sulfide) groups is 1. The van der Waals surface area contributed by atoms with E-state index in [4.69, 9.17) is 21.3 Å². The summed E-state index contributed by atoms with van der Waals surface area (Å²) < 4.78 is 5.63. The lowest BCUT2D eigenvalue weighted by molar-refractivity contribution is -0.113. The lowest BCUT2D eigenvalue weighted by Gasteiger charge is -2.06. The Kier molecular flexibility index (Phi) is 5.79. The van der Waals surface area contributed by atoms with Crippen molar-refractivity contribution >= 4 is 35.0 Å². The lowest BCUT2D eigenvalue weighted by Crippen LogP contribution is -2.15. The molecule has 0 unspecified atom stereocenters. The smallest absolute Gasteiger partial charge is 0.277 e. The van der Waals surface area contributed by atoms with Gasteiger partial charge in [0.1, 0.15) is 6.07 Å². The Hall–Kier alpha value is -2.82. The molecular formula is C19H15ClN4O2S. The van der Waals surface area contributed by atoms with Crippen LogP contribution in [0.4, 0.5) is 5.69 Å². The van der Waals surface area contributed by atoms with Gasteiger partial charge in [-0.15, -0.1) is 10.2 Å². The fourth-order valence-electron chi connectivity index (χ4n) is 2.51. The summed E-state index contributed by atoms with van der Waals surface area (Å²) in [6.07, 6.45) is 0. The Morgan fingerprint density at radius 1 is 1.22 bits per heavy atom. The molecule has 3 aromatic rings. The number of rotatable bonds is 5. The van der Waals surface area contributed by atoms with Gasteiger partial charge in [-0.3, -0.25) is 4.79 Å². The van der Waals surface area contributed by atoms with Crippen molar-refractivity contribution in [3.8, 4) is 17.5 Å². The number of nitrogens with one attached hydrogen (secondary N) is 1. The molecule has 1 aromatic heterocycles. The molecule has 0 aliphatic carbocycles. The number of aryl methyl sites for hydroxylation is 2. The van der Waals surface area contributed by atoms with Crippen molar-refractivity contribution in [2.45, 2.75) is 19.1 Å². The first-order chi connectivity index (χ1) is 12.9. The SMILES string of the molecule is Cc1cc(C)cc(-c2nnc(SCC(=O)Nc3cc(Cl)ccc3C#N)o2)c1.